The van der Waals surface area contributed by atoms with Gasteiger partial charge in [0.05, 0.1) is 13.2 Å². The van der Waals surface area contributed by atoms with Gasteiger partial charge in [-0.3, -0.25) is 9.69 Å². The predicted molar refractivity (Wildman–Crippen MR) is 78.2 cm³/mol. The number of hydrogen-bond donors (Lipinski definition) is 1. The topological polar surface area (TPSA) is 41.6 Å². The van der Waals surface area contributed by atoms with Gasteiger partial charge in [-0.25, -0.2) is 0 Å². The summed E-state index contributed by atoms with van der Waals surface area (Å²) >= 11 is 2.29. The van der Waals surface area contributed by atoms with Gasteiger partial charge in [-0.05, 0) is 40.3 Å². The van der Waals surface area contributed by atoms with Crippen LogP contribution in [0.2, 0.25) is 0 Å². The molecule has 0 spiro atoms. The van der Waals surface area contributed by atoms with Gasteiger partial charge in [-0.15, -0.1) is 0 Å². The Morgan fingerprint density at radius 1 is 1.50 bits per heavy atom. The van der Waals surface area contributed by atoms with Crippen molar-refractivity contribution in [1.82, 2.24) is 10.2 Å². The predicted octanol–water partition coefficient (Wildman–Crippen LogP) is 1.24. The Morgan fingerprint density at radius 3 is 2.89 bits per heavy atom. The number of ether oxygens (including phenoxy) is 1. The second kappa shape index (κ2) is 6.49. The van der Waals surface area contributed by atoms with E-state index in [1.165, 1.54) is 9.13 Å². The van der Waals surface area contributed by atoms with Crippen LogP contribution in [0.4, 0.5) is 0 Å². The molecule has 1 N–H and O–H groups in total. The molecule has 1 aliphatic heterocycles. The van der Waals surface area contributed by atoms with Gasteiger partial charge in [0, 0.05) is 23.7 Å². The fourth-order valence-electron chi connectivity index (χ4n) is 2.06. The van der Waals surface area contributed by atoms with Gasteiger partial charge < -0.3 is 10.1 Å². The lowest BCUT2D eigenvalue weighted by molar-refractivity contribution is -0.132. The average Bonchev–Trinajstić information content (AvgIpc) is 2.41. The zero-order valence-electron chi connectivity index (χ0n) is 10.4. The van der Waals surface area contributed by atoms with E-state index in [4.69, 9.17) is 4.74 Å². The van der Waals surface area contributed by atoms with E-state index in [-0.39, 0.29) is 11.9 Å². The van der Waals surface area contributed by atoms with Crippen molar-refractivity contribution in [2.24, 2.45) is 0 Å². The third-order valence-electron chi connectivity index (χ3n) is 3.09. The van der Waals surface area contributed by atoms with Crippen LogP contribution in [-0.2, 0) is 16.1 Å². The van der Waals surface area contributed by atoms with E-state index in [9.17, 15) is 4.79 Å². The molecule has 0 aliphatic carbocycles. The maximum atomic E-state index is 11.8. The summed E-state index contributed by atoms with van der Waals surface area (Å²) in [5.74, 6) is 0.0280. The number of nitrogens with one attached hydrogen (secondary N) is 1. The maximum Gasteiger partial charge on any atom is 0.239 e. The summed E-state index contributed by atoms with van der Waals surface area (Å²) in [6.45, 7) is 2.75. The normalized spacial score (nSPS) is 20.7. The number of hydrogen-bond acceptors (Lipinski definition) is 3. The molecular weight excluding hydrogens is 343 g/mol. The summed E-state index contributed by atoms with van der Waals surface area (Å²) in [4.78, 5) is 14.0. The minimum absolute atomic E-state index is 0.0280. The van der Waals surface area contributed by atoms with Crippen LogP contribution < -0.4 is 5.32 Å². The highest BCUT2D eigenvalue weighted by atomic mass is 127. The van der Waals surface area contributed by atoms with Crippen molar-refractivity contribution in [2.75, 3.05) is 26.8 Å². The molecule has 0 saturated carbocycles. The van der Waals surface area contributed by atoms with Crippen LogP contribution in [0.15, 0.2) is 24.3 Å². The van der Waals surface area contributed by atoms with E-state index in [0.717, 1.165) is 13.1 Å². The lowest BCUT2D eigenvalue weighted by Gasteiger charge is -2.34. The number of likely N-dealkylation sites (N-methyl/N-ethyl adjacent to an activating group) is 1. The van der Waals surface area contributed by atoms with Gasteiger partial charge in [-0.2, -0.15) is 0 Å². The summed E-state index contributed by atoms with van der Waals surface area (Å²) in [5, 5.41) is 2.70. The van der Waals surface area contributed by atoms with Crippen LogP contribution in [0.5, 0.6) is 0 Å². The summed E-state index contributed by atoms with van der Waals surface area (Å²) in [6, 6.07) is 8.22. The highest BCUT2D eigenvalue weighted by molar-refractivity contribution is 14.1. The molecule has 0 radical (unpaired) electrons. The summed E-state index contributed by atoms with van der Waals surface area (Å²) in [5.41, 5.74) is 1.23. The SMILES string of the molecule is CNC(=O)C1COCCN1Cc1ccc(I)cc1. The Kier molecular flexibility index (Phi) is 4.96. The van der Waals surface area contributed by atoms with Crippen molar-refractivity contribution < 1.29 is 9.53 Å². The molecule has 2 rings (SSSR count). The van der Waals surface area contributed by atoms with Crippen LogP contribution >= 0.6 is 22.6 Å². The van der Waals surface area contributed by atoms with Crippen molar-refractivity contribution in [1.29, 1.82) is 0 Å². The van der Waals surface area contributed by atoms with Gasteiger partial charge in [0.1, 0.15) is 6.04 Å². The van der Waals surface area contributed by atoms with Crippen LogP contribution in [0.25, 0.3) is 0 Å². The quantitative estimate of drug-likeness (QED) is 0.825. The van der Waals surface area contributed by atoms with E-state index in [2.05, 4.69) is 57.1 Å². The Bertz CT molecular complexity index is 408. The second-order valence-corrected chi connectivity index (χ2v) is 5.55. The first-order valence-electron chi connectivity index (χ1n) is 5.98. The molecule has 18 heavy (non-hydrogen) atoms. The number of nitrogens with zero attached hydrogens (tertiary/aromatic N) is 1. The fraction of sp³-hybridized carbons (Fsp3) is 0.462. The van der Waals surface area contributed by atoms with Crippen LogP contribution in [0, 0.1) is 3.57 Å². The maximum absolute atomic E-state index is 11.8. The van der Waals surface area contributed by atoms with E-state index < -0.39 is 0 Å². The van der Waals surface area contributed by atoms with Crippen molar-refractivity contribution in [3.8, 4) is 0 Å². The van der Waals surface area contributed by atoms with E-state index in [1.807, 2.05) is 0 Å². The molecule has 1 saturated heterocycles. The van der Waals surface area contributed by atoms with Gasteiger partial charge >= 0.3 is 0 Å². The van der Waals surface area contributed by atoms with Crippen LogP contribution in [-0.4, -0.2) is 43.7 Å². The minimum Gasteiger partial charge on any atom is -0.378 e. The molecule has 4 nitrogen and oxygen atoms in total. The Labute approximate surface area is 121 Å². The Hall–Kier alpha value is -0.660. The van der Waals surface area contributed by atoms with Gasteiger partial charge in [0.25, 0.3) is 0 Å². The Morgan fingerprint density at radius 2 is 2.22 bits per heavy atom. The monoisotopic (exact) mass is 360 g/mol. The number of benzene rings is 1. The first-order chi connectivity index (χ1) is 8.70. The smallest absolute Gasteiger partial charge is 0.239 e. The minimum atomic E-state index is -0.178. The third-order valence-corrected chi connectivity index (χ3v) is 3.81. The van der Waals surface area contributed by atoms with E-state index in [1.54, 1.807) is 7.05 Å². The molecule has 0 aromatic heterocycles. The van der Waals surface area contributed by atoms with Crippen molar-refractivity contribution >= 4 is 28.5 Å². The zero-order valence-corrected chi connectivity index (χ0v) is 12.5. The second-order valence-electron chi connectivity index (χ2n) is 4.30. The molecule has 5 heteroatoms. The lowest BCUT2D eigenvalue weighted by Crippen LogP contribution is -2.52. The van der Waals surface area contributed by atoms with E-state index >= 15 is 0 Å². The van der Waals surface area contributed by atoms with Gasteiger partial charge in [0.2, 0.25) is 5.91 Å². The van der Waals surface area contributed by atoms with Crippen molar-refractivity contribution in [3.05, 3.63) is 33.4 Å². The molecule has 0 bridgehead atoms. The molecule has 1 aromatic rings. The first kappa shape index (κ1) is 13.8. The number of carbonyl (C=O) groups is 1. The first-order valence-corrected chi connectivity index (χ1v) is 7.06. The number of amides is 1. The summed E-state index contributed by atoms with van der Waals surface area (Å²) in [7, 11) is 1.67. The zero-order chi connectivity index (χ0) is 13.0. The molecule has 1 fully saturated rings. The summed E-state index contributed by atoms with van der Waals surface area (Å²) < 4.78 is 6.61. The van der Waals surface area contributed by atoms with E-state index in [0.29, 0.717) is 13.2 Å². The molecule has 1 amide bonds. The molecule has 1 atom stereocenters. The molecule has 98 valence electrons. The number of rotatable bonds is 3. The van der Waals surface area contributed by atoms with Gasteiger partial charge in [0.15, 0.2) is 0 Å². The molecule has 1 aliphatic rings. The number of halogens is 1. The highest BCUT2D eigenvalue weighted by Gasteiger charge is 2.28. The third kappa shape index (κ3) is 3.43. The molecule has 1 unspecified atom stereocenters. The summed E-state index contributed by atoms with van der Waals surface area (Å²) in [6.07, 6.45) is 0. The van der Waals surface area contributed by atoms with Crippen LogP contribution in [0.3, 0.4) is 0 Å². The highest BCUT2D eigenvalue weighted by Crippen LogP contribution is 2.14. The molecular formula is C13H17IN2O2. The standard InChI is InChI=1S/C13H17IN2O2/c1-15-13(17)12-9-18-7-6-16(12)8-10-2-4-11(14)5-3-10/h2-5,12H,6-9H2,1H3,(H,15,17). The Balaban J connectivity index is 2.05. The van der Waals surface area contributed by atoms with Gasteiger partial charge in [-0.1, -0.05) is 12.1 Å². The van der Waals surface area contributed by atoms with Crippen molar-refractivity contribution in [3.63, 3.8) is 0 Å². The molecule has 1 aromatic carbocycles. The van der Waals surface area contributed by atoms with Crippen LogP contribution in [0.1, 0.15) is 5.56 Å². The number of morpholine rings is 1. The largest absolute Gasteiger partial charge is 0.378 e. The lowest BCUT2D eigenvalue weighted by atomic mass is 10.1. The van der Waals surface area contributed by atoms with Crippen molar-refractivity contribution in [2.45, 2.75) is 12.6 Å². The fourth-order valence-corrected chi connectivity index (χ4v) is 2.42. The average molecular weight is 360 g/mol. The molecule has 1 heterocycles. The number of carbonyl (C=O) groups excluding carboxylic acids is 1.